The molecule has 0 amide bonds. The lowest BCUT2D eigenvalue weighted by Crippen LogP contribution is -2.20. The lowest BCUT2D eigenvalue weighted by atomic mass is 10.0. The molecule has 3 heteroatoms. The maximum Gasteiger partial charge on any atom is 0.126 e. The largest absolute Gasteiger partial charge is 0.340 e. The van der Waals surface area contributed by atoms with Gasteiger partial charge in [-0.25, -0.2) is 4.98 Å². The van der Waals surface area contributed by atoms with E-state index in [1.165, 1.54) is 16.3 Å². The Labute approximate surface area is 111 Å². The van der Waals surface area contributed by atoms with Gasteiger partial charge in [-0.3, -0.25) is 0 Å². The van der Waals surface area contributed by atoms with Crippen molar-refractivity contribution in [3.8, 4) is 11.3 Å². The molecular weight excluding hydrogens is 234 g/mol. The number of nitrogens with zero attached hydrogens (tertiary/aromatic N) is 1. The number of hydrogen-bond donors (Lipinski definition) is 2. The Bertz CT molecular complexity index is 748. The molecule has 19 heavy (non-hydrogen) atoms. The monoisotopic (exact) mass is 249 g/mol. The van der Waals surface area contributed by atoms with Crippen molar-refractivity contribution in [2.24, 2.45) is 5.73 Å². The zero-order valence-corrected chi connectivity index (χ0v) is 10.6. The second-order valence-corrected chi connectivity index (χ2v) is 5.33. The van der Waals surface area contributed by atoms with Gasteiger partial charge in [-0.05, 0) is 23.6 Å². The average molecular weight is 249 g/mol. The van der Waals surface area contributed by atoms with Crippen molar-refractivity contribution in [2.75, 3.05) is 0 Å². The second-order valence-electron chi connectivity index (χ2n) is 5.33. The number of nitrogens with two attached hydrogens (primary N) is 1. The zero-order chi connectivity index (χ0) is 12.9. The number of hydrogen-bond acceptors (Lipinski definition) is 2. The van der Waals surface area contributed by atoms with Crippen molar-refractivity contribution >= 4 is 10.8 Å². The molecule has 3 N–H and O–H groups in total. The number of nitrogens with one attached hydrogen (secondary N) is 1. The molecule has 1 saturated carbocycles. The Morgan fingerprint density at radius 2 is 1.84 bits per heavy atom. The predicted octanol–water partition coefficient (Wildman–Crippen LogP) is 3.18. The second kappa shape index (κ2) is 3.68. The molecule has 1 aliphatic rings. The van der Waals surface area contributed by atoms with E-state index < -0.39 is 0 Å². The molecule has 1 aromatic heterocycles. The Morgan fingerprint density at radius 1 is 1.05 bits per heavy atom. The third-order valence-corrected chi connectivity index (χ3v) is 3.92. The molecule has 0 atom stereocenters. The highest BCUT2D eigenvalue weighted by molar-refractivity contribution is 5.95. The van der Waals surface area contributed by atoms with Crippen LogP contribution in [0.3, 0.4) is 0 Å². The van der Waals surface area contributed by atoms with Crippen LogP contribution in [0.5, 0.6) is 0 Å². The first-order chi connectivity index (χ1) is 9.26. The number of aromatic nitrogens is 2. The van der Waals surface area contributed by atoms with Crippen molar-refractivity contribution < 1.29 is 0 Å². The number of rotatable bonds is 2. The predicted molar refractivity (Wildman–Crippen MR) is 76.6 cm³/mol. The summed E-state index contributed by atoms with van der Waals surface area (Å²) >= 11 is 0. The van der Waals surface area contributed by atoms with E-state index in [1.807, 2.05) is 6.20 Å². The molecular formula is C16H15N3. The third-order valence-electron chi connectivity index (χ3n) is 3.92. The molecule has 3 nitrogen and oxygen atoms in total. The number of benzene rings is 2. The summed E-state index contributed by atoms with van der Waals surface area (Å²) in [6.45, 7) is 0. The van der Waals surface area contributed by atoms with Crippen LogP contribution in [0.15, 0.2) is 48.7 Å². The van der Waals surface area contributed by atoms with Gasteiger partial charge in [-0.2, -0.15) is 0 Å². The fourth-order valence-corrected chi connectivity index (χ4v) is 2.54. The van der Waals surface area contributed by atoms with Crippen LogP contribution in [0.2, 0.25) is 0 Å². The van der Waals surface area contributed by atoms with Gasteiger partial charge in [0.15, 0.2) is 0 Å². The molecule has 0 bridgehead atoms. The Morgan fingerprint density at radius 3 is 2.68 bits per heavy atom. The van der Waals surface area contributed by atoms with Crippen molar-refractivity contribution in [2.45, 2.75) is 18.4 Å². The summed E-state index contributed by atoms with van der Waals surface area (Å²) in [5.74, 6) is 0.912. The smallest absolute Gasteiger partial charge is 0.126 e. The maximum absolute atomic E-state index is 6.18. The normalized spacial score (nSPS) is 16.7. The van der Waals surface area contributed by atoms with E-state index in [2.05, 4.69) is 52.4 Å². The van der Waals surface area contributed by atoms with Gasteiger partial charge in [-0.1, -0.05) is 42.5 Å². The highest BCUT2D eigenvalue weighted by Crippen LogP contribution is 2.41. The van der Waals surface area contributed by atoms with E-state index >= 15 is 0 Å². The van der Waals surface area contributed by atoms with Crippen LogP contribution in [0.1, 0.15) is 18.7 Å². The maximum atomic E-state index is 6.18. The molecule has 1 fully saturated rings. The van der Waals surface area contributed by atoms with Crippen LogP contribution in [0, 0.1) is 0 Å². The molecule has 4 rings (SSSR count). The highest BCUT2D eigenvalue weighted by atomic mass is 15.0. The highest BCUT2D eigenvalue weighted by Gasteiger charge is 2.42. The SMILES string of the molecule is NC1(c2ncc(-c3cccc4ccccc34)[nH]2)CC1. The van der Waals surface area contributed by atoms with Crippen LogP contribution < -0.4 is 5.73 Å². The fourth-order valence-electron chi connectivity index (χ4n) is 2.54. The van der Waals surface area contributed by atoms with E-state index in [0.29, 0.717) is 0 Å². The summed E-state index contributed by atoms with van der Waals surface area (Å²) in [5.41, 5.74) is 8.20. The van der Waals surface area contributed by atoms with E-state index in [-0.39, 0.29) is 5.54 Å². The molecule has 3 aromatic rings. The Kier molecular flexibility index (Phi) is 2.09. The summed E-state index contributed by atoms with van der Waals surface area (Å²) < 4.78 is 0. The van der Waals surface area contributed by atoms with Gasteiger partial charge < -0.3 is 10.7 Å². The van der Waals surface area contributed by atoms with Crippen molar-refractivity contribution in [3.63, 3.8) is 0 Å². The zero-order valence-electron chi connectivity index (χ0n) is 10.6. The first kappa shape index (κ1) is 10.8. The molecule has 1 heterocycles. The van der Waals surface area contributed by atoms with Gasteiger partial charge in [0.05, 0.1) is 17.4 Å². The van der Waals surface area contributed by atoms with Gasteiger partial charge in [0.2, 0.25) is 0 Å². The third kappa shape index (κ3) is 1.66. The van der Waals surface area contributed by atoms with E-state index in [0.717, 1.165) is 24.4 Å². The van der Waals surface area contributed by atoms with Gasteiger partial charge >= 0.3 is 0 Å². The minimum absolute atomic E-state index is 0.206. The Balaban J connectivity index is 1.88. The van der Waals surface area contributed by atoms with Crippen LogP contribution in [-0.4, -0.2) is 9.97 Å². The van der Waals surface area contributed by atoms with Crippen LogP contribution in [0.25, 0.3) is 22.0 Å². The van der Waals surface area contributed by atoms with Crippen LogP contribution in [0.4, 0.5) is 0 Å². The first-order valence-corrected chi connectivity index (χ1v) is 6.59. The lowest BCUT2D eigenvalue weighted by molar-refractivity contribution is 0.685. The molecule has 0 aliphatic heterocycles. The minimum Gasteiger partial charge on any atom is -0.340 e. The van der Waals surface area contributed by atoms with Crippen molar-refractivity contribution in [1.82, 2.24) is 9.97 Å². The number of imidazole rings is 1. The number of aromatic amines is 1. The summed E-state index contributed by atoms with van der Waals surface area (Å²) in [6.07, 6.45) is 3.94. The topological polar surface area (TPSA) is 54.7 Å². The van der Waals surface area contributed by atoms with E-state index in [9.17, 15) is 0 Å². The molecule has 0 saturated heterocycles. The number of fused-ring (bicyclic) bond motifs is 1. The van der Waals surface area contributed by atoms with Gasteiger partial charge in [0.1, 0.15) is 5.82 Å². The minimum atomic E-state index is -0.206. The molecule has 0 unspecified atom stereocenters. The Hall–Kier alpha value is -2.13. The van der Waals surface area contributed by atoms with Gasteiger partial charge in [0.25, 0.3) is 0 Å². The fraction of sp³-hybridized carbons (Fsp3) is 0.188. The van der Waals surface area contributed by atoms with Gasteiger partial charge in [0, 0.05) is 5.56 Å². The standard InChI is InChI=1S/C16H15N3/c17-16(8-9-16)15-18-10-14(19-15)13-7-3-5-11-4-1-2-6-12(11)13/h1-7,10H,8-9,17H2,(H,18,19). The van der Waals surface area contributed by atoms with Crippen LogP contribution in [-0.2, 0) is 5.54 Å². The summed E-state index contributed by atoms with van der Waals surface area (Å²) in [6, 6.07) is 14.7. The van der Waals surface area contributed by atoms with Crippen LogP contribution >= 0.6 is 0 Å². The first-order valence-electron chi connectivity index (χ1n) is 6.59. The van der Waals surface area contributed by atoms with Crippen molar-refractivity contribution in [3.05, 3.63) is 54.5 Å². The molecule has 2 aromatic carbocycles. The average Bonchev–Trinajstić information content (AvgIpc) is 3.02. The summed E-state index contributed by atoms with van der Waals surface area (Å²) in [5, 5.41) is 2.48. The number of H-pyrrole nitrogens is 1. The molecule has 0 spiro atoms. The summed E-state index contributed by atoms with van der Waals surface area (Å²) in [7, 11) is 0. The van der Waals surface area contributed by atoms with E-state index in [1.54, 1.807) is 0 Å². The van der Waals surface area contributed by atoms with E-state index in [4.69, 9.17) is 5.73 Å². The molecule has 94 valence electrons. The summed E-state index contributed by atoms with van der Waals surface area (Å²) in [4.78, 5) is 7.84. The molecule has 0 radical (unpaired) electrons. The van der Waals surface area contributed by atoms with Crippen molar-refractivity contribution in [1.29, 1.82) is 0 Å². The quantitative estimate of drug-likeness (QED) is 0.733. The molecule has 1 aliphatic carbocycles. The van der Waals surface area contributed by atoms with Gasteiger partial charge in [-0.15, -0.1) is 0 Å². The lowest BCUT2D eigenvalue weighted by Gasteiger charge is -2.05.